The summed E-state index contributed by atoms with van der Waals surface area (Å²) >= 11 is 0. The van der Waals surface area contributed by atoms with Crippen LogP contribution in [-0.2, 0) is 10.8 Å². The second-order valence-corrected chi connectivity index (χ2v) is 10.6. The number of aromatic nitrogens is 2. The van der Waals surface area contributed by atoms with Gasteiger partial charge in [0.2, 0.25) is 5.95 Å². The van der Waals surface area contributed by atoms with Crippen molar-refractivity contribution in [3.63, 3.8) is 0 Å². The molecule has 1 aliphatic rings. The maximum atomic E-state index is 4.93. The van der Waals surface area contributed by atoms with Crippen molar-refractivity contribution < 1.29 is 0 Å². The molecule has 0 N–H and O–H groups in total. The molecule has 1 aromatic heterocycles. The lowest BCUT2D eigenvalue weighted by molar-refractivity contribution is 0.332. The molecule has 3 rings (SSSR count). The van der Waals surface area contributed by atoms with E-state index in [4.69, 9.17) is 4.98 Å². The Morgan fingerprint density at radius 2 is 1.38 bits per heavy atom. The van der Waals surface area contributed by atoms with Crippen molar-refractivity contribution in [1.29, 1.82) is 0 Å². The molecule has 1 aliphatic carbocycles. The molecule has 1 heterocycles. The van der Waals surface area contributed by atoms with Crippen LogP contribution in [0.2, 0.25) is 0 Å². The van der Waals surface area contributed by atoms with Crippen molar-refractivity contribution in [2.45, 2.75) is 111 Å². The van der Waals surface area contributed by atoms with Crippen molar-refractivity contribution in [1.82, 2.24) is 9.97 Å². The lowest BCUT2D eigenvalue weighted by atomic mass is 9.63. The van der Waals surface area contributed by atoms with E-state index < -0.39 is 0 Å². The number of benzene rings is 1. The summed E-state index contributed by atoms with van der Waals surface area (Å²) in [4.78, 5) is 11.8. The summed E-state index contributed by atoms with van der Waals surface area (Å²) in [7, 11) is 0. The molecule has 3 heteroatoms. The molecule has 0 atom stereocenters. The van der Waals surface area contributed by atoms with Crippen LogP contribution in [0.4, 0.5) is 5.95 Å². The van der Waals surface area contributed by atoms with Crippen molar-refractivity contribution in [2.24, 2.45) is 0 Å². The second kappa shape index (κ2) is 11.8. The molecule has 178 valence electrons. The molecule has 0 unspecified atom stereocenters. The second-order valence-electron chi connectivity index (χ2n) is 10.6. The highest BCUT2D eigenvalue weighted by Gasteiger charge is 2.37. The monoisotopic (exact) mass is 437 g/mol. The van der Waals surface area contributed by atoms with Crippen LogP contribution in [0, 0.1) is 0 Å². The quantitative estimate of drug-likeness (QED) is 0.416. The van der Waals surface area contributed by atoms with Crippen LogP contribution in [-0.4, -0.2) is 23.1 Å². The van der Waals surface area contributed by atoms with E-state index in [1.807, 2.05) is 12.3 Å². The van der Waals surface area contributed by atoms with E-state index in [2.05, 4.69) is 83.5 Å². The van der Waals surface area contributed by atoms with Crippen molar-refractivity contribution in [2.75, 3.05) is 18.0 Å². The van der Waals surface area contributed by atoms with E-state index in [1.54, 1.807) is 0 Å². The number of hydrogen-bond donors (Lipinski definition) is 0. The fourth-order valence-electron chi connectivity index (χ4n) is 4.61. The van der Waals surface area contributed by atoms with Gasteiger partial charge in [-0.2, -0.15) is 0 Å². The summed E-state index contributed by atoms with van der Waals surface area (Å²) in [5, 5.41) is 0. The van der Waals surface area contributed by atoms with Gasteiger partial charge in [0.15, 0.2) is 0 Å². The molecule has 0 radical (unpaired) electrons. The summed E-state index contributed by atoms with van der Waals surface area (Å²) in [6.07, 6.45) is 10.7. The lowest BCUT2D eigenvalue weighted by Gasteiger charge is -2.42. The van der Waals surface area contributed by atoms with Crippen LogP contribution in [0.25, 0.3) is 11.3 Å². The first-order valence-corrected chi connectivity index (χ1v) is 12.9. The Bertz CT molecular complexity index is 830. The first kappa shape index (κ1) is 26.4. The van der Waals surface area contributed by atoms with Gasteiger partial charge < -0.3 is 4.90 Å². The maximum Gasteiger partial charge on any atom is 0.225 e. The Morgan fingerprint density at radius 3 is 1.91 bits per heavy atom. The molecule has 0 amide bonds. The summed E-state index contributed by atoms with van der Waals surface area (Å²) in [6.45, 7) is 20.3. The molecule has 0 spiro atoms. The predicted molar refractivity (Wildman–Crippen MR) is 141 cm³/mol. The van der Waals surface area contributed by atoms with Crippen molar-refractivity contribution >= 4 is 5.95 Å². The van der Waals surface area contributed by atoms with E-state index in [1.165, 1.54) is 48.8 Å². The highest BCUT2D eigenvalue weighted by atomic mass is 15.2. The average Bonchev–Trinajstić information content (AvgIpc) is 2.78. The first-order valence-electron chi connectivity index (χ1n) is 12.9. The Morgan fingerprint density at radius 1 is 0.781 bits per heavy atom. The Hall–Kier alpha value is -1.90. The number of anilines is 1. The minimum Gasteiger partial charge on any atom is -0.341 e. The van der Waals surface area contributed by atoms with Gasteiger partial charge in [-0.25, -0.2) is 9.97 Å². The fourth-order valence-corrected chi connectivity index (χ4v) is 4.61. The number of unbranched alkanes of at least 4 members (excludes halogenated alkanes) is 2. The van der Waals surface area contributed by atoms with E-state index in [0.717, 1.165) is 37.6 Å². The van der Waals surface area contributed by atoms with E-state index in [0.29, 0.717) is 0 Å². The zero-order chi connectivity index (χ0) is 23.8. The summed E-state index contributed by atoms with van der Waals surface area (Å²) in [6, 6.07) is 9.01. The molecule has 1 aromatic carbocycles. The highest BCUT2D eigenvalue weighted by molar-refractivity contribution is 5.64. The SMILES string of the molecule is CCCCC.CCCN(CCC)c1nccc(-c2ccc3c(c2)C(C)(C)CCC3(C)C)n1. The smallest absolute Gasteiger partial charge is 0.225 e. The zero-order valence-electron chi connectivity index (χ0n) is 22.1. The molecule has 3 nitrogen and oxygen atoms in total. The van der Waals surface area contributed by atoms with Gasteiger partial charge in [0.25, 0.3) is 0 Å². The third-order valence-electron chi connectivity index (χ3n) is 6.77. The van der Waals surface area contributed by atoms with Crippen LogP contribution >= 0.6 is 0 Å². The molecule has 2 aromatic rings. The summed E-state index contributed by atoms with van der Waals surface area (Å²) in [5.41, 5.74) is 5.67. The lowest BCUT2D eigenvalue weighted by Crippen LogP contribution is -2.33. The summed E-state index contributed by atoms with van der Waals surface area (Å²) < 4.78 is 0. The standard InChI is InChI=1S/C24H35N3.C5H12/c1-7-15-27(16-8-2)22-25-14-11-21(26-22)18-9-10-19-20(17-18)24(5,6)13-12-23(19,3)4;1-3-5-4-2/h9-11,14,17H,7-8,12-13,15-16H2,1-6H3;3-5H2,1-2H3. The number of hydrogen-bond acceptors (Lipinski definition) is 3. The van der Waals surface area contributed by atoms with Gasteiger partial charge in [-0.3, -0.25) is 0 Å². The topological polar surface area (TPSA) is 29.0 Å². The first-order chi connectivity index (χ1) is 15.2. The Balaban J connectivity index is 0.000000654. The van der Waals surface area contributed by atoms with Gasteiger partial charge in [-0.1, -0.05) is 86.8 Å². The molecular formula is C29H47N3. The van der Waals surface area contributed by atoms with Crippen molar-refractivity contribution in [3.8, 4) is 11.3 Å². The minimum atomic E-state index is 0.215. The third-order valence-corrected chi connectivity index (χ3v) is 6.77. The molecular weight excluding hydrogens is 390 g/mol. The molecule has 0 bridgehead atoms. The van der Waals surface area contributed by atoms with Gasteiger partial charge >= 0.3 is 0 Å². The molecule has 0 saturated heterocycles. The molecule has 0 fully saturated rings. The van der Waals surface area contributed by atoms with E-state index >= 15 is 0 Å². The predicted octanol–water partition coefficient (Wildman–Crippen LogP) is 8.32. The Labute approximate surface area is 198 Å². The fraction of sp³-hybridized carbons (Fsp3) is 0.655. The van der Waals surface area contributed by atoms with Gasteiger partial charge in [-0.15, -0.1) is 0 Å². The number of fused-ring (bicyclic) bond motifs is 1. The van der Waals surface area contributed by atoms with E-state index in [9.17, 15) is 0 Å². The maximum absolute atomic E-state index is 4.93. The van der Waals surface area contributed by atoms with Crippen LogP contribution < -0.4 is 4.90 Å². The largest absolute Gasteiger partial charge is 0.341 e. The van der Waals surface area contributed by atoms with Crippen LogP contribution in [0.3, 0.4) is 0 Å². The van der Waals surface area contributed by atoms with Gasteiger partial charge in [-0.05, 0) is 59.8 Å². The zero-order valence-corrected chi connectivity index (χ0v) is 22.1. The highest BCUT2D eigenvalue weighted by Crippen LogP contribution is 2.46. The van der Waals surface area contributed by atoms with Gasteiger partial charge in [0, 0.05) is 24.8 Å². The van der Waals surface area contributed by atoms with Gasteiger partial charge in [0.05, 0.1) is 5.69 Å². The Kier molecular flexibility index (Phi) is 9.73. The van der Waals surface area contributed by atoms with Crippen LogP contribution in [0.15, 0.2) is 30.5 Å². The summed E-state index contributed by atoms with van der Waals surface area (Å²) in [5.74, 6) is 0.855. The molecule has 32 heavy (non-hydrogen) atoms. The molecule has 0 saturated carbocycles. The minimum absolute atomic E-state index is 0.215. The average molecular weight is 438 g/mol. The van der Waals surface area contributed by atoms with Crippen LogP contribution in [0.1, 0.15) is 111 Å². The van der Waals surface area contributed by atoms with Gasteiger partial charge in [0.1, 0.15) is 0 Å². The van der Waals surface area contributed by atoms with E-state index in [-0.39, 0.29) is 10.8 Å². The third kappa shape index (κ3) is 6.56. The normalized spacial score (nSPS) is 16.0. The van der Waals surface area contributed by atoms with Crippen LogP contribution in [0.5, 0.6) is 0 Å². The number of nitrogens with zero attached hydrogens (tertiary/aromatic N) is 3. The number of rotatable bonds is 8. The van der Waals surface area contributed by atoms with Crippen molar-refractivity contribution in [3.05, 3.63) is 41.6 Å². The molecule has 0 aliphatic heterocycles.